The van der Waals surface area contributed by atoms with Gasteiger partial charge in [-0.2, -0.15) is 5.10 Å². The molecule has 0 aliphatic rings. The van der Waals surface area contributed by atoms with Gasteiger partial charge in [-0.25, -0.2) is 9.89 Å². The third kappa shape index (κ3) is 4.22. The number of nitrogens with zero attached hydrogens (tertiary/aromatic N) is 1. The number of aromatic amines is 2. The van der Waals surface area contributed by atoms with E-state index >= 15 is 0 Å². The van der Waals surface area contributed by atoms with Crippen molar-refractivity contribution in [2.75, 3.05) is 0 Å². The normalized spacial score (nSPS) is 12.0. The van der Waals surface area contributed by atoms with Crippen molar-refractivity contribution in [3.63, 3.8) is 0 Å². The van der Waals surface area contributed by atoms with Crippen LogP contribution in [0.2, 0.25) is 0 Å². The van der Waals surface area contributed by atoms with E-state index in [0.717, 1.165) is 11.3 Å². The smallest absolute Gasteiger partial charge is 0.340 e. The molecule has 0 spiro atoms. The number of H-pyrrole nitrogens is 2. The molecule has 1 amide bonds. The Balaban J connectivity index is 1.63. The Kier molecular flexibility index (Phi) is 4.90. The molecule has 0 aliphatic heterocycles. The van der Waals surface area contributed by atoms with Gasteiger partial charge in [-0.1, -0.05) is 30.3 Å². The van der Waals surface area contributed by atoms with Gasteiger partial charge >= 0.3 is 5.69 Å². The van der Waals surface area contributed by atoms with Crippen LogP contribution in [-0.2, 0) is 17.8 Å². The third-order valence-corrected chi connectivity index (χ3v) is 3.71. The lowest BCUT2D eigenvalue weighted by Crippen LogP contribution is -2.25. The van der Waals surface area contributed by atoms with Gasteiger partial charge in [0.15, 0.2) is 0 Å². The average molecular weight is 326 g/mol. The van der Waals surface area contributed by atoms with E-state index in [0.29, 0.717) is 12.2 Å². The van der Waals surface area contributed by atoms with Gasteiger partial charge in [-0.05, 0) is 24.1 Å². The van der Waals surface area contributed by atoms with Crippen molar-refractivity contribution in [2.24, 2.45) is 0 Å². The Morgan fingerprint density at radius 1 is 1.21 bits per heavy atom. The molecule has 0 bridgehead atoms. The Morgan fingerprint density at radius 2 is 2.04 bits per heavy atom. The van der Waals surface area contributed by atoms with E-state index in [1.165, 1.54) is 0 Å². The van der Waals surface area contributed by atoms with E-state index in [-0.39, 0.29) is 24.8 Å². The van der Waals surface area contributed by atoms with Gasteiger partial charge in [0.2, 0.25) is 5.91 Å². The average Bonchev–Trinajstić information content (AvgIpc) is 3.25. The fourth-order valence-corrected chi connectivity index (χ4v) is 2.56. The lowest BCUT2D eigenvalue weighted by Gasteiger charge is -2.14. The van der Waals surface area contributed by atoms with Crippen molar-refractivity contribution >= 4 is 5.91 Å². The van der Waals surface area contributed by atoms with E-state index in [9.17, 15) is 9.59 Å². The molecule has 0 saturated heterocycles. The standard InChI is InChI=1S/C17H18N4O3/c22-16(18-11-15-19-17(23)21-20-15)10-13(14-7-4-8-24-14)9-12-5-2-1-3-6-12/h1-8,13H,9-11H2,(H,18,22)(H2,19,20,21,23)/t13-/m0/s1. The Hall–Kier alpha value is -3.09. The van der Waals surface area contributed by atoms with Crippen LogP contribution in [-0.4, -0.2) is 21.1 Å². The molecule has 0 fully saturated rings. The monoisotopic (exact) mass is 326 g/mol. The van der Waals surface area contributed by atoms with Crippen LogP contribution in [0.1, 0.15) is 29.5 Å². The van der Waals surface area contributed by atoms with Crippen molar-refractivity contribution < 1.29 is 9.21 Å². The number of nitrogens with one attached hydrogen (secondary N) is 3. The summed E-state index contributed by atoms with van der Waals surface area (Å²) in [4.78, 5) is 25.7. The van der Waals surface area contributed by atoms with Crippen molar-refractivity contribution in [1.29, 1.82) is 0 Å². The Bertz CT molecular complexity index is 821. The number of amides is 1. The minimum Gasteiger partial charge on any atom is -0.469 e. The molecule has 7 nitrogen and oxygen atoms in total. The van der Waals surface area contributed by atoms with Crippen LogP contribution in [0.3, 0.4) is 0 Å². The second-order valence-electron chi connectivity index (χ2n) is 5.51. The zero-order valence-corrected chi connectivity index (χ0v) is 13.0. The highest BCUT2D eigenvalue weighted by molar-refractivity contribution is 5.76. The summed E-state index contributed by atoms with van der Waals surface area (Å²) in [5, 5.41) is 8.78. The lowest BCUT2D eigenvalue weighted by atomic mass is 9.93. The fourth-order valence-electron chi connectivity index (χ4n) is 2.56. The van der Waals surface area contributed by atoms with E-state index in [2.05, 4.69) is 20.5 Å². The Morgan fingerprint density at radius 3 is 2.71 bits per heavy atom. The van der Waals surface area contributed by atoms with Gasteiger partial charge in [0.1, 0.15) is 11.6 Å². The molecule has 124 valence electrons. The largest absolute Gasteiger partial charge is 0.469 e. The van der Waals surface area contributed by atoms with E-state index in [4.69, 9.17) is 4.42 Å². The van der Waals surface area contributed by atoms with Crippen molar-refractivity contribution in [3.8, 4) is 0 Å². The number of furan rings is 1. The van der Waals surface area contributed by atoms with Crippen LogP contribution >= 0.6 is 0 Å². The number of aromatic nitrogens is 3. The van der Waals surface area contributed by atoms with Crippen LogP contribution in [0.25, 0.3) is 0 Å². The van der Waals surface area contributed by atoms with Gasteiger partial charge in [0.25, 0.3) is 0 Å². The number of carbonyl (C=O) groups excluding carboxylic acids is 1. The highest BCUT2D eigenvalue weighted by Gasteiger charge is 2.19. The molecule has 3 rings (SSSR count). The lowest BCUT2D eigenvalue weighted by molar-refractivity contribution is -0.121. The maximum Gasteiger partial charge on any atom is 0.340 e. The summed E-state index contributed by atoms with van der Waals surface area (Å²) in [5.41, 5.74) is 0.750. The highest BCUT2D eigenvalue weighted by Crippen LogP contribution is 2.24. The van der Waals surface area contributed by atoms with Gasteiger partial charge in [0, 0.05) is 12.3 Å². The van der Waals surface area contributed by atoms with Gasteiger partial charge in [-0.3, -0.25) is 9.78 Å². The molecule has 2 heterocycles. The van der Waals surface area contributed by atoms with Gasteiger partial charge in [0.05, 0.1) is 12.8 Å². The Labute approximate surface area is 138 Å². The van der Waals surface area contributed by atoms with Crippen LogP contribution in [0.15, 0.2) is 57.9 Å². The van der Waals surface area contributed by atoms with Crippen LogP contribution in [0.4, 0.5) is 0 Å². The molecular weight excluding hydrogens is 308 g/mol. The maximum absolute atomic E-state index is 12.2. The molecule has 0 unspecified atom stereocenters. The molecule has 3 aromatic rings. The predicted octanol–water partition coefficient (Wildman–Crippen LogP) is 1.72. The first-order chi connectivity index (χ1) is 11.7. The van der Waals surface area contributed by atoms with Crippen LogP contribution in [0.5, 0.6) is 0 Å². The summed E-state index contributed by atoms with van der Waals surface area (Å²) in [5.74, 6) is 0.991. The zero-order valence-electron chi connectivity index (χ0n) is 13.0. The van der Waals surface area contributed by atoms with Gasteiger partial charge < -0.3 is 9.73 Å². The molecule has 0 saturated carbocycles. The van der Waals surface area contributed by atoms with Crippen molar-refractivity contribution in [1.82, 2.24) is 20.5 Å². The number of hydrogen-bond acceptors (Lipinski definition) is 4. The minimum atomic E-state index is -0.392. The van der Waals surface area contributed by atoms with Gasteiger partial charge in [-0.15, -0.1) is 0 Å². The maximum atomic E-state index is 12.2. The van der Waals surface area contributed by atoms with E-state index in [1.54, 1.807) is 6.26 Å². The fraction of sp³-hybridized carbons (Fsp3) is 0.235. The molecular formula is C17H18N4O3. The number of rotatable bonds is 7. The molecule has 3 N–H and O–H groups in total. The number of carbonyl (C=O) groups is 1. The molecule has 2 aromatic heterocycles. The zero-order chi connectivity index (χ0) is 16.8. The number of hydrogen-bond donors (Lipinski definition) is 3. The second-order valence-corrected chi connectivity index (χ2v) is 5.51. The highest BCUT2D eigenvalue weighted by atomic mass is 16.3. The topological polar surface area (TPSA) is 104 Å². The van der Waals surface area contributed by atoms with Crippen LogP contribution in [0, 0.1) is 0 Å². The SMILES string of the molecule is O=C(C[C@H](Cc1ccccc1)c1ccco1)NCc1n[nH]c(=O)[nH]1. The quantitative estimate of drug-likeness (QED) is 0.615. The summed E-state index contributed by atoms with van der Waals surface area (Å²) >= 11 is 0. The second kappa shape index (κ2) is 7.45. The molecule has 7 heteroatoms. The molecule has 1 aromatic carbocycles. The summed E-state index contributed by atoms with van der Waals surface area (Å²) < 4.78 is 5.49. The molecule has 1 atom stereocenters. The summed E-state index contributed by atoms with van der Waals surface area (Å²) in [6.45, 7) is 0.174. The van der Waals surface area contributed by atoms with Crippen molar-refractivity contribution in [2.45, 2.75) is 25.3 Å². The number of benzene rings is 1. The third-order valence-electron chi connectivity index (χ3n) is 3.71. The first-order valence-corrected chi connectivity index (χ1v) is 7.68. The molecule has 0 aliphatic carbocycles. The summed E-state index contributed by atoms with van der Waals surface area (Å²) in [6.07, 6.45) is 2.61. The molecule has 24 heavy (non-hydrogen) atoms. The van der Waals surface area contributed by atoms with E-state index in [1.807, 2.05) is 42.5 Å². The molecule has 0 radical (unpaired) electrons. The van der Waals surface area contributed by atoms with Crippen LogP contribution < -0.4 is 11.0 Å². The minimum absolute atomic E-state index is 0.0550. The van der Waals surface area contributed by atoms with E-state index < -0.39 is 5.69 Å². The first kappa shape index (κ1) is 15.8. The predicted molar refractivity (Wildman–Crippen MR) is 87.3 cm³/mol. The summed E-state index contributed by atoms with van der Waals surface area (Å²) in [6, 6.07) is 13.7. The van der Waals surface area contributed by atoms with Crippen molar-refractivity contribution in [3.05, 3.63) is 76.4 Å². The summed E-state index contributed by atoms with van der Waals surface area (Å²) in [7, 11) is 0. The first-order valence-electron chi connectivity index (χ1n) is 7.68.